The number of hydrogen-bond acceptors (Lipinski definition) is 3. The van der Waals surface area contributed by atoms with Crippen LogP contribution >= 0.6 is 0 Å². The fraction of sp³-hybridized carbons (Fsp3) is 0.0870. The number of hydrogen-bond donors (Lipinski definition) is 0. The molecule has 0 bridgehead atoms. The predicted molar refractivity (Wildman–Crippen MR) is 99.9 cm³/mol. The average Bonchev–Trinajstić information content (AvgIpc) is 3.08. The van der Waals surface area contributed by atoms with E-state index in [1.54, 1.807) is 0 Å². The molecule has 0 saturated carbocycles. The highest BCUT2D eigenvalue weighted by Crippen LogP contribution is 2.54. The Kier molecular flexibility index (Phi) is 2.60. The van der Waals surface area contributed by atoms with Crippen molar-refractivity contribution in [2.45, 2.75) is 12.2 Å². The molecule has 1 fully saturated rings. The fourth-order valence-corrected chi connectivity index (χ4v) is 4.42. The zero-order chi connectivity index (χ0) is 17.3. The van der Waals surface area contributed by atoms with Crippen molar-refractivity contribution in [3.05, 3.63) is 83.9 Å². The molecule has 0 radical (unpaired) electrons. The molecule has 1 saturated heterocycles. The van der Waals surface area contributed by atoms with Crippen LogP contribution in [0.25, 0.3) is 32.7 Å². The highest BCUT2D eigenvalue weighted by molar-refractivity contribution is 6.09. The van der Waals surface area contributed by atoms with Gasteiger partial charge in [0.25, 0.3) is 0 Å². The van der Waals surface area contributed by atoms with Gasteiger partial charge in [0.1, 0.15) is 0 Å². The van der Waals surface area contributed by atoms with Crippen LogP contribution in [0.2, 0.25) is 0 Å². The lowest BCUT2D eigenvalue weighted by Gasteiger charge is -2.29. The Hall–Kier alpha value is -3.33. The van der Waals surface area contributed by atoms with Crippen LogP contribution in [0.1, 0.15) is 23.3 Å². The predicted octanol–water partition coefficient (Wildman–Crippen LogP) is 5.92. The highest BCUT2D eigenvalue weighted by atomic mass is 16.8. The van der Waals surface area contributed by atoms with Crippen LogP contribution in [-0.4, -0.2) is 6.16 Å². The second kappa shape index (κ2) is 4.85. The monoisotopic (exact) mass is 338 g/mol. The number of carbonyl (C=O) groups excluding carboxylic acids is 1. The van der Waals surface area contributed by atoms with Crippen molar-refractivity contribution >= 4 is 27.7 Å². The molecule has 0 N–H and O–H groups in total. The molecule has 0 aromatic heterocycles. The summed E-state index contributed by atoms with van der Waals surface area (Å²) >= 11 is 0. The van der Waals surface area contributed by atoms with Gasteiger partial charge in [0.15, 0.2) is 12.2 Å². The molecule has 2 atom stereocenters. The Morgan fingerprint density at radius 1 is 0.577 bits per heavy atom. The van der Waals surface area contributed by atoms with Crippen LogP contribution in [0.3, 0.4) is 0 Å². The van der Waals surface area contributed by atoms with Gasteiger partial charge in [-0.1, -0.05) is 72.8 Å². The summed E-state index contributed by atoms with van der Waals surface area (Å²) in [5, 5.41) is 4.69. The van der Waals surface area contributed by atoms with Gasteiger partial charge in [-0.3, -0.25) is 0 Å². The minimum absolute atomic E-state index is 0.393. The van der Waals surface area contributed by atoms with E-state index >= 15 is 0 Å². The van der Waals surface area contributed by atoms with Gasteiger partial charge >= 0.3 is 6.16 Å². The first-order valence-corrected chi connectivity index (χ1v) is 8.72. The Morgan fingerprint density at radius 2 is 1.04 bits per heavy atom. The van der Waals surface area contributed by atoms with E-state index in [1.165, 1.54) is 21.5 Å². The van der Waals surface area contributed by atoms with Gasteiger partial charge < -0.3 is 9.47 Å². The summed E-state index contributed by atoms with van der Waals surface area (Å²) in [5.41, 5.74) is 4.33. The largest absolute Gasteiger partial charge is 0.509 e. The van der Waals surface area contributed by atoms with Crippen LogP contribution in [0.15, 0.2) is 72.8 Å². The average molecular weight is 338 g/mol. The molecule has 0 amide bonds. The first kappa shape index (κ1) is 13.9. The smallest absolute Gasteiger partial charge is 0.422 e. The van der Waals surface area contributed by atoms with Gasteiger partial charge in [-0.15, -0.1) is 0 Å². The molecule has 3 heteroatoms. The third-order valence-corrected chi connectivity index (χ3v) is 5.51. The lowest BCUT2D eigenvalue weighted by molar-refractivity contribution is 0.116. The zero-order valence-corrected chi connectivity index (χ0v) is 13.8. The van der Waals surface area contributed by atoms with Crippen molar-refractivity contribution in [2.24, 2.45) is 0 Å². The van der Waals surface area contributed by atoms with Gasteiger partial charge in [-0.05, 0) is 32.7 Å². The van der Waals surface area contributed by atoms with E-state index in [0.717, 1.165) is 22.3 Å². The van der Waals surface area contributed by atoms with E-state index in [1.807, 2.05) is 12.1 Å². The van der Waals surface area contributed by atoms with Crippen molar-refractivity contribution in [2.75, 3.05) is 0 Å². The van der Waals surface area contributed by atoms with Gasteiger partial charge in [0.2, 0.25) is 0 Å². The summed E-state index contributed by atoms with van der Waals surface area (Å²) in [6, 6.07) is 25.0. The number of rotatable bonds is 0. The Morgan fingerprint density at radius 3 is 1.54 bits per heavy atom. The van der Waals surface area contributed by atoms with Crippen LogP contribution < -0.4 is 0 Å². The highest BCUT2D eigenvalue weighted by Gasteiger charge is 2.45. The molecule has 124 valence electrons. The van der Waals surface area contributed by atoms with Crippen molar-refractivity contribution in [3.63, 3.8) is 0 Å². The molecule has 1 heterocycles. The summed E-state index contributed by atoms with van der Waals surface area (Å²) < 4.78 is 11.1. The molecule has 6 rings (SSSR count). The minimum atomic E-state index is -0.597. The van der Waals surface area contributed by atoms with Crippen molar-refractivity contribution in [1.82, 2.24) is 0 Å². The summed E-state index contributed by atoms with van der Waals surface area (Å²) in [7, 11) is 0. The second-order valence-electron chi connectivity index (χ2n) is 6.83. The number of ether oxygens (including phenoxy) is 2. The van der Waals surface area contributed by atoms with Gasteiger partial charge in [0.05, 0.1) is 0 Å². The quantitative estimate of drug-likeness (QED) is 0.373. The summed E-state index contributed by atoms with van der Waals surface area (Å²) in [6.45, 7) is 0. The molecular formula is C23H14O3. The third kappa shape index (κ3) is 1.70. The van der Waals surface area contributed by atoms with Crippen LogP contribution in [-0.2, 0) is 9.47 Å². The van der Waals surface area contributed by atoms with Crippen LogP contribution in [0.4, 0.5) is 4.79 Å². The molecule has 4 aromatic carbocycles. The molecule has 2 aliphatic rings. The summed E-state index contributed by atoms with van der Waals surface area (Å²) in [6.07, 6.45) is -1.38. The number of carbonyl (C=O) groups is 1. The van der Waals surface area contributed by atoms with E-state index in [2.05, 4.69) is 60.7 Å². The summed E-state index contributed by atoms with van der Waals surface area (Å²) in [5.74, 6) is 0. The molecule has 0 unspecified atom stereocenters. The second-order valence-corrected chi connectivity index (χ2v) is 6.83. The molecule has 4 aromatic rings. The Labute approximate surface area is 149 Å². The van der Waals surface area contributed by atoms with Gasteiger partial charge in [-0.25, -0.2) is 4.79 Å². The SMILES string of the molecule is O=C1O[C@@H]2c3ccc4ccccc4c3-c3c(ccc4ccccc34)[C@H]2O1. The maximum absolute atomic E-state index is 11.9. The van der Waals surface area contributed by atoms with Crippen molar-refractivity contribution in [3.8, 4) is 11.1 Å². The Balaban J connectivity index is 1.83. The van der Waals surface area contributed by atoms with E-state index in [9.17, 15) is 4.79 Å². The summed E-state index contributed by atoms with van der Waals surface area (Å²) in [4.78, 5) is 11.9. The maximum Gasteiger partial charge on any atom is 0.509 e. The normalized spacial score (nSPS) is 20.2. The van der Waals surface area contributed by atoms with Gasteiger partial charge in [-0.2, -0.15) is 0 Å². The number of benzene rings is 4. The van der Waals surface area contributed by atoms with Crippen LogP contribution in [0, 0.1) is 0 Å². The van der Waals surface area contributed by atoms with E-state index < -0.39 is 18.4 Å². The minimum Gasteiger partial charge on any atom is -0.422 e. The molecule has 1 aliphatic heterocycles. The molecule has 1 aliphatic carbocycles. The zero-order valence-electron chi connectivity index (χ0n) is 13.8. The molecular weight excluding hydrogens is 324 g/mol. The van der Waals surface area contributed by atoms with E-state index in [0.29, 0.717) is 0 Å². The lowest BCUT2D eigenvalue weighted by atomic mass is 9.78. The van der Waals surface area contributed by atoms with E-state index in [-0.39, 0.29) is 0 Å². The van der Waals surface area contributed by atoms with Gasteiger partial charge in [0, 0.05) is 11.1 Å². The maximum atomic E-state index is 11.9. The number of fused-ring (bicyclic) bond motifs is 10. The molecule has 26 heavy (non-hydrogen) atoms. The third-order valence-electron chi connectivity index (χ3n) is 5.51. The lowest BCUT2D eigenvalue weighted by Crippen LogP contribution is -2.15. The van der Waals surface area contributed by atoms with Crippen molar-refractivity contribution in [1.29, 1.82) is 0 Å². The topological polar surface area (TPSA) is 35.5 Å². The first-order valence-electron chi connectivity index (χ1n) is 8.72. The fourth-order valence-electron chi connectivity index (χ4n) is 4.42. The standard InChI is InChI=1S/C23H14O3/c24-23-25-21-17-11-9-13-5-1-3-7-15(13)19(17)20-16-8-4-2-6-14(16)10-12-18(20)22(21)26-23/h1-12,21-22H/t21-,22-/m1/s1. The van der Waals surface area contributed by atoms with Crippen LogP contribution in [0.5, 0.6) is 0 Å². The molecule has 0 spiro atoms. The van der Waals surface area contributed by atoms with E-state index in [4.69, 9.17) is 9.47 Å². The van der Waals surface area contributed by atoms with Crippen molar-refractivity contribution < 1.29 is 14.3 Å². The Bertz CT molecular complexity index is 1130. The first-order chi connectivity index (χ1) is 12.8. The molecule has 3 nitrogen and oxygen atoms in total.